The van der Waals surface area contributed by atoms with Crippen LogP contribution in [0.5, 0.6) is 0 Å². The number of nitrogens with one attached hydrogen (secondary N) is 1. The normalized spacial score (nSPS) is 23.4. The van der Waals surface area contributed by atoms with Gasteiger partial charge in [0.2, 0.25) is 0 Å². The van der Waals surface area contributed by atoms with Crippen molar-refractivity contribution in [3.05, 3.63) is 35.9 Å². The Morgan fingerprint density at radius 3 is 2.60 bits per heavy atom. The molecule has 0 saturated carbocycles. The Hall–Kier alpha value is -2.08. The van der Waals surface area contributed by atoms with E-state index in [-0.39, 0.29) is 19.0 Å². The number of benzene rings is 1. The topological polar surface area (TPSA) is 89.9 Å². The number of nitrogens with zero attached hydrogens (tertiary/aromatic N) is 1. The largest absolute Gasteiger partial charge is 0.480 e. The molecule has 0 radical (unpaired) electrons. The van der Waals surface area contributed by atoms with Crippen molar-refractivity contribution in [2.45, 2.75) is 31.5 Å². The van der Waals surface area contributed by atoms with Crippen molar-refractivity contribution in [3.8, 4) is 0 Å². The summed E-state index contributed by atoms with van der Waals surface area (Å²) in [5, 5.41) is 21.4. The summed E-state index contributed by atoms with van der Waals surface area (Å²) >= 11 is 0. The van der Waals surface area contributed by atoms with Crippen molar-refractivity contribution in [1.82, 2.24) is 10.2 Å². The fourth-order valence-electron chi connectivity index (χ4n) is 2.37. The summed E-state index contributed by atoms with van der Waals surface area (Å²) in [6.45, 7) is 1.87. The van der Waals surface area contributed by atoms with Crippen LogP contribution in [0.1, 0.15) is 24.9 Å². The molecule has 3 atom stereocenters. The van der Waals surface area contributed by atoms with E-state index in [1.54, 1.807) is 0 Å². The third-order valence-corrected chi connectivity index (χ3v) is 3.46. The summed E-state index contributed by atoms with van der Waals surface area (Å²) in [7, 11) is 0. The quantitative estimate of drug-likeness (QED) is 0.768. The fourth-order valence-corrected chi connectivity index (χ4v) is 2.37. The smallest absolute Gasteiger partial charge is 0.326 e. The highest BCUT2D eigenvalue weighted by molar-refractivity contribution is 5.83. The number of hydrogen-bond donors (Lipinski definition) is 3. The number of aliphatic hydroxyl groups is 1. The molecule has 1 saturated heterocycles. The molecule has 3 N–H and O–H groups in total. The lowest BCUT2D eigenvalue weighted by Gasteiger charge is -2.24. The van der Waals surface area contributed by atoms with Crippen LogP contribution in [0.3, 0.4) is 0 Å². The highest BCUT2D eigenvalue weighted by Crippen LogP contribution is 2.19. The van der Waals surface area contributed by atoms with Gasteiger partial charge in [-0.3, -0.25) is 0 Å². The monoisotopic (exact) mass is 278 g/mol. The molecule has 1 fully saturated rings. The third-order valence-electron chi connectivity index (χ3n) is 3.46. The summed E-state index contributed by atoms with van der Waals surface area (Å²) in [6.07, 6.45) is -0.712. The number of rotatable bonds is 3. The molecule has 6 nitrogen and oxygen atoms in total. The molecule has 6 heteroatoms. The maximum Gasteiger partial charge on any atom is 0.326 e. The first-order chi connectivity index (χ1) is 9.49. The van der Waals surface area contributed by atoms with Crippen molar-refractivity contribution in [3.63, 3.8) is 0 Å². The fraction of sp³-hybridized carbons (Fsp3) is 0.429. The number of hydrogen-bond acceptors (Lipinski definition) is 3. The van der Waals surface area contributed by atoms with Crippen LogP contribution in [-0.2, 0) is 4.79 Å². The Balaban J connectivity index is 2.02. The van der Waals surface area contributed by atoms with Gasteiger partial charge in [-0.25, -0.2) is 9.59 Å². The zero-order chi connectivity index (χ0) is 14.7. The van der Waals surface area contributed by atoms with Crippen LogP contribution in [0.4, 0.5) is 4.79 Å². The van der Waals surface area contributed by atoms with Gasteiger partial charge in [0.15, 0.2) is 0 Å². The van der Waals surface area contributed by atoms with Gasteiger partial charge in [-0.1, -0.05) is 30.3 Å². The van der Waals surface area contributed by atoms with Gasteiger partial charge in [0.25, 0.3) is 0 Å². The molecular weight excluding hydrogens is 260 g/mol. The van der Waals surface area contributed by atoms with Gasteiger partial charge in [0, 0.05) is 13.0 Å². The second kappa shape index (κ2) is 5.92. The van der Waals surface area contributed by atoms with E-state index in [9.17, 15) is 14.7 Å². The lowest BCUT2D eigenvalue weighted by atomic mass is 10.1. The highest BCUT2D eigenvalue weighted by Gasteiger charge is 2.39. The standard InChI is InChI=1S/C14H18N2O4/c1-9(10-5-3-2-4-6-10)15-14(20)16-8-11(17)7-12(16)13(18)19/h2-6,9,11-12,17H,7-8H2,1H3,(H,15,20)(H,18,19)/t9?,11-,12-/m0/s1. The molecule has 2 rings (SSSR count). The lowest BCUT2D eigenvalue weighted by molar-refractivity contribution is -0.141. The van der Waals surface area contributed by atoms with E-state index in [1.807, 2.05) is 37.3 Å². The zero-order valence-corrected chi connectivity index (χ0v) is 11.2. The first-order valence-corrected chi connectivity index (χ1v) is 6.52. The van der Waals surface area contributed by atoms with Crippen molar-refractivity contribution < 1.29 is 19.8 Å². The molecule has 1 aliphatic heterocycles. The molecule has 2 amide bonds. The molecule has 1 aromatic rings. The summed E-state index contributed by atoms with van der Waals surface area (Å²) in [6, 6.07) is 7.75. The van der Waals surface area contributed by atoms with Crippen molar-refractivity contribution in [1.29, 1.82) is 0 Å². The Morgan fingerprint density at radius 2 is 2.00 bits per heavy atom. The minimum Gasteiger partial charge on any atom is -0.480 e. The molecule has 0 aromatic heterocycles. The zero-order valence-electron chi connectivity index (χ0n) is 11.2. The van der Waals surface area contributed by atoms with Crippen molar-refractivity contribution in [2.75, 3.05) is 6.54 Å². The van der Waals surface area contributed by atoms with Crippen LogP contribution in [0, 0.1) is 0 Å². The van der Waals surface area contributed by atoms with E-state index >= 15 is 0 Å². The number of β-amino-alcohol motifs (C(OH)–C–C–N with tert-alkyl or cyclic N) is 1. The number of carbonyl (C=O) groups is 2. The van der Waals surface area contributed by atoms with E-state index in [4.69, 9.17) is 5.11 Å². The number of aliphatic carboxylic acids is 1. The predicted molar refractivity (Wildman–Crippen MR) is 72.1 cm³/mol. The highest BCUT2D eigenvalue weighted by atomic mass is 16.4. The van der Waals surface area contributed by atoms with Crippen LogP contribution in [0.15, 0.2) is 30.3 Å². The van der Waals surface area contributed by atoms with E-state index in [2.05, 4.69) is 5.32 Å². The number of aliphatic hydroxyl groups excluding tert-OH is 1. The molecule has 20 heavy (non-hydrogen) atoms. The number of likely N-dealkylation sites (tertiary alicyclic amines) is 1. The van der Waals surface area contributed by atoms with Gasteiger partial charge < -0.3 is 20.4 Å². The van der Waals surface area contributed by atoms with Gasteiger partial charge >= 0.3 is 12.0 Å². The maximum atomic E-state index is 12.1. The molecule has 0 spiro atoms. The minimum absolute atomic E-state index is 0.0459. The Bertz CT molecular complexity index is 491. The summed E-state index contributed by atoms with van der Waals surface area (Å²) in [5.41, 5.74) is 0.937. The Labute approximate surface area is 117 Å². The summed E-state index contributed by atoms with van der Waals surface area (Å²) in [4.78, 5) is 24.4. The number of carboxylic acids is 1. The van der Waals surface area contributed by atoms with Gasteiger partial charge in [0.05, 0.1) is 12.1 Å². The average Bonchev–Trinajstić information content (AvgIpc) is 2.82. The molecule has 108 valence electrons. The molecule has 0 bridgehead atoms. The molecule has 1 unspecified atom stereocenters. The van der Waals surface area contributed by atoms with Crippen molar-refractivity contribution >= 4 is 12.0 Å². The maximum absolute atomic E-state index is 12.1. The first kappa shape index (κ1) is 14.3. The second-order valence-electron chi connectivity index (χ2n) is 4.98. The third kappa shape index (κ3) is 3.08. The van der Waals surface area contributed by atoms with E-state index in [0.29, 0.717) is 0 Å². The van der Waals surface area contributed by atoms with Crippen LogP contribution < -0.4 is 5.32 Å². The summed E-state index contributed by atoms with van der Waals surface area (Å²) < 4.78 is 0. The number of urea groups is 1. The van der Waals surface area contributed by atoms with Gasteiger partial charge in [-0.2, -0.15) is 0 Å². The first-order valence-electron chi connectivity index (χ1n) is 6.52. The second-order valence-corrected chi connectivity index (χ2v) is 4.98. The average molecular weight is 278 g/mol. The van der Waals surface area contributed by atoms with Gasteiger partial charge in [-0.05, 0) is 12.5 Å². The molecule has 1 aliphatic rings. The van der Waals surface area contributed by atoms with Gasteiger partial charge in [-0.15, -0.1) is 0 Å². The molecular formula is C14H18N2O4. The molecule has 1 heterocycles. The van der Waals surface area contributed by atoms with Gasteiger partial charge in [0.1, 0.15) is 6.04 Å². The minimum atomic E-state index is -1.09. The van der Waals surface area contributed by atoms with Crippen molar-refractivity contribution in [2.24, 2.45) is 0 Å². The Morgan fingerprint density at radius 1 is 1.35 bits per heavy atom. The SMILES string of the molecule is CC(NC(=O)N1C[C@@H](O)C[C@H]1C(=O)O)c1ccccc1. The van der Waals surface area contributed by atoms with Crippen LogP contribution in [-0.4, -0.2) is 45.8 Å². The number of carbonyl (C=O) groups excluding carboxylic acids is 1. The van der Waals surface area contributed by atoms with Crippen LogP contribution >= 0.6 is 0 Å². The molecule has 0 aliphatic carbocycles. The lowest BCUT2D eigenvalue weighted by Crippen LogP contribution is -2.46. The summed E-state index contributed by atoms with van der Waals surface area (Å²) in [5.74, 6) is -1.09. The predicted octanol–water partition coefficient (Wildman–Crippen LogP) is 0.977. The van der Waals surface area contributed by atoms with Crippen LogP contribution in [0.2, 0.25) is 0 Å². The Kier molecular flexibility index (Phi) is 4.24. The van der Waals surface area contributed by atoms with E-state index < -0.39 is 24.1 Å². The molecule has 1 aromatic carbocycles. The van der Waals surface area contributed by atoms with Crippen LogP contribution in [0.25, 0.3) is 0 Å². The van der Waals surface area contributed by atoms with E-state index in [0.717, 1.165) is 5.56 Å². The van der Waals surface area contributed by atoms with E-state index in [1.165, 1.54) is 4.90 Å². The number of amides is 2. The number of carboxylic acid groups (broad SMARTS) is 1.